The number of hydrogen-bond acceptors (Lipinski definition) is 2. The van der Waals surface area contributed by atoms with Crippen molar-refractivity contribution in [2.45, 2.75) is 0 Å². The molecule has 3 nitrogen and oxygen atoms in total. The number of hydrogen-bond donors (Lipinski definition) is 1. The van der Waals surface area contributed by atoms with E-state index in [0.29, 0.717) is 11.1 Å². The van der Waals surface area contributed by atoms with E-state index in [0.717, 1.165) is 0 Å². The molecule has 2 aromatic rings. The molecular weight excluding hydrogens is 209 g/mol. The maximum absolute atomic E-state index is 13.8. The summed E-state index contributed by atoms with van der Waals surface area (Å²) in [4.78, 5) is 13.4. The zero-order valence-electron chi connectivity index (χ0n) is 8.66. The number of aromatic amines is 1. The number of halogens is 1. The molecule has 0 aliphatic heterocycles. The van der Waals surface area contributed by atoms with E-state index in [2.05, 4.69) is 4.98 Å². The van der Waals surface area contributed by atoms with Crippen molar-refractivity contribution in [3.8, 4) is 16.9 Å². The van der Waals surface area contributed by atoms with Gasteiger partial charge in [0.05, 0.1) is 7.11 Å². The Labute approximate surface area is 91.5 Å². The summed E-state index contributed by atoms with van der Waals surface area (Å²) < 4.78 is 18.7. The van der Waals surface area contributed by atoms with Crippen LogP contribution in [0.2, 0.25) is 0 Å². The third kappa shape index (κ3) is 1.82. The van der Waals surface area contributed by atoms with Gasteiger partial charge in [0.2, 0.25) is 5.56 Å². The van der Waals surface area contributed by atoms with Gasteiger partial charge < -0.3 is 9.72 Å². The van der Waals surface area contributed by atoms with Gasteiger partial charge in [-0.25, -0.2) is 4.39 Å². The fraction of sp³-hybridized carbons (Fsp3) is 0.0833. The van der Waals surface area contributed by atoms with Gasteiger partial charge in [0.15, 0.2) is 11.6 Å². The molecule has 0 amide bonds. The van der Waals surface area contributed by atoms with Gasteiger partial charge in [-0.2, -0.15) is 0 Å². The van der Waals surface area contributed by atoms with Crippen LogP contribution in [-0.2, 0) is 0 Å². The summed E-state index contributed by atoms with van der Waals surface area (Å²) in [6, 6.07) is 7.79. The van der Waals surface area contributed by atoms with Crippen LogP contribution in [0, 0.1) is 5.82 Å². The average molecular weight is 219 g/mol. The molecule has 0 unspecified atom stereocenters. The molecule has 1 aromatic carbocycles. The number of pyridine rings is 1. The quantitative estimate of drug-likeness (QED) is 0.841. The summed E-state index contributed by atoms with van der Waals surface area (Å²) in [6.07, 6.45) is 1.47. The second-order valence-corrected chi connectivity index (χ2v) is 3.26. The maximum atomic E-state index is 13.8. The minimum absolute atomic E-state index is 0.184. The van der Waals surface area contributed by atoms with Crippen molar-refractivity contribution in [1.82, 2.24) is 4.98 Å². The van der Waals surface area contributed by atoms with Gasteiger partial charge in [0.1, 0.15) is 0 Å². The second-order valence-electron chi connectivity index (χ2n) is 3.26. The van der Waals surface area contributed by atoms with Crippen LogP contribution in [0.5, 0.6) is 5.75 Å². The first-order chi connectivity index (χ1) is 7.72. The van der Waals surface area contributed by atoms with Crippen molar-refractivity contribution in [2.75, 3.05) is 7.11 Å². The summed E-state index contributed by atoms with van der Waals surface area (Å²) in [5.74, 6) is -0.249. The third-order valence-corrected chi connectivity index (χ3v) is 2.28. The van der Waals surface area contributed by atoms with E-state index in [1.807, 2.05) is 0 Å². The lowest BCUT2D eigenvalue weighted by Crippen LogP contribution is -2.02. The van der Waals surface area contributed by atoms with Crippen molar-refractivity contribution in [3.63, 3.8) is 0 Å². The smallest absolute Gasteiger partial charge is 0.247 e. The molecule has 0 radical (unpaired) electrons. The monoisotopic (exact) mass is 219 g/mol. The molecule has 1 heterocycles. The molecule has 2 rings (SSSR count). The Kier molecular flexibility index (Phi) is 2.72. The Hall–Kier alpha value is -2.10. The molecule has 0 fully saturated rings. The number of ether oxygens (including phenoxy) is 1. The highest BCUT2D eigenvalue weighted by Crippen LogP contribution is 2.27. The third-order valence-electron chi connectivity index (χ3n) is 2.28. The Morgan fingerprint density at radius 2 is 2.06 bits per heavy atom. The molecule has 0 saturated carbocycles. The first-order valence-electron chi connectivity index (χ1n) is 4.74. The molecule has 0 bridgehead atoms. The van der Waals surface area contributed by atoms with Crippen LogP contribution in [0.4, 0.5) is 4.39 Å². The first kappa shape index (κ1) is 10.4. The van der Waals surface area contributed by atoms with E-state index in [1.165, 1.54) is 19.4 Å². The van der Waals surface area contributed by atoms with Crippen molar-refractivity contribution < 1.29 is 9.13 Å². The minimum atomic E-state index is -0.433. The number of nitrogens with one attached hydrogen (secondary N) is 1. The van der Waals surface area contributed by atoms with E-state index in [1.54, 1.807) is 24.3 Å². The van der Waals surface area contributed by atoms with Crippen LogP contribution < -0.4 is 10.3 Å². The van der Waals surface area contributed by atoms with Crippen molar-refractivity contribution in [1.29, 1.82) is 0 Å². The fourth-order valence-electron chi connectivity index (χ4n) is 1.47. The topological polar surface area (TPSA) is 42.1 Å². The number of benzene rings is 1. The largest absolute Gasteiger partial charge is 0.494 e. The maximum Gasteiger partial charge on any atom is 0.247 e. The van der Waals surface area contributed by atoms with Gasteiger partial charge in [-0.05, 0) is 12.1 Å². The van der Waals surface area contributed by atoms with Gasteiger partial charge in [-0.3, -0.25) is 4.79 Å². The van der Waals surface area contributed by atoms with E-state index in [4.69, 9.17) is 4.74 Å². The molecule has 82 valence electrons. The van der Waals surface area contributed by atoms with Crippen LogP contribution >= 0.6 is 0 Å². The zero-order valence-corrected chi connectivity index (χ0v) is 8.66. The predicted octanol–water partition coefficient (Wildman–Crippen LogP) is 2.19. The van der Waals surface area contributed by atoms with Crippen LogP contribution in [0.3, 0.4) is 0 Å². The van der Waals surface area contributed by atoms with Crippen LogP contribution in [0.15, 0.2) is 41.3 Å². The molecule has 4 heteroatoms. The average Bonchev–Trinajstić information content (AvgIpc) is 2.31. The van der Waals surface area contributed by atoms with Crippen molar-refractivity contribution >= 4 is 0 Å². The Morgan fingerprint density at radius 1 is 1.25 bits per heavy atom. The van der Waals surface area contributed by atoms with E-state index >= 15 is 0 Å². The highest BCUT2D eigenvalue weighted by atomic mass is 19.1. The minimum Gasteiger partial charge on any atom is -0.494 e. The highest BCUT2D eigenvalue weighted by Gasteiger charge is 2.09. The van der Waals surface area contributed by atoms with Crippen LogP contribution in [0.1, 0.15) is 0 Å². The van der Waals surface area contributed by atoms with Gasteiger partial charge >= 0.3 is 0 Å². The number of rotatable bonds is 2. The molecule has 0 atom stereocenters. The van der Waals surface area contributed by atoms with Gasteiger partial charge in [0.25, 0.3) is 0 Å². The SMILES string of the molecule is COc1cccc(-c2ccc(=O)[nH]c2)c1F. The lowest BCUT2D eigenvalue weighted by Gasteiger charge is -2.06. The van der Waals surface area contributed by atoms with Crippen molar-refractivity contribution in [2.24, 2.45) is 0 Å². The Bertz CT molecular complexity index is 543. The van der Waals surface area contributed by atoms with E-state index in [-0.39, 0.29) is 11.3 Å². The van der Waals surface area contributed by atoms with Crippen LogP contribution in [-0.4, -0.2) is 12.1 Å². The lowest BCUT2D eigenvalue weighted by atomic mass is 10.1. The number of methoxy groups -OCH3 is 1. The summed E-state index contributed by atoms with van der Waals surface area (Å²) >= 11 is 0. The van der Waals surface area contributed by atoms with Gasteiger partial charge in [-0.1, -0.05) is 12.1 Å². The predicted molar refractivity (Wildman–Crippen MR) is 59.0 cm³/mol. The second kappa shape index (κ2) is 4.18. The molecule has 1 N–H and O–H groups in total. The fourth-order valence-corrected chi connectivity index (χ4v) is 1.47. The molecular formula is C12H10FNO2. The molecule has 16 heavy (non-hydrogen) atoms. The van der Waals surface area contributed by atoms with E-state index in [9.17, 15) is 9.18 Å². The summed E-state index contributed by atoms with van der Waals surface area (Å²) in [5.41, 5.74) is 0.790. The van der Waals surface area contributed by atoms with E-state index < -0.39 is 5.82 Å². The molecule has 0 spiro atoms. The lowest BCUT2D eigenvalue weighted by molar-refractivity contribution is 0.387. The molecule has 1 aromatic heterocycles. The van der Waals surface area contributed by atoms with Gasteiger partial charge in [-0.15, -0.1) is 0 Å². The zero-order chi connectivity index (χ0) is 11.5. The number of aromatic nitrogens is 1. The standard InChI is InChI=1S/C12H10FNO2/c1-16-10-4-2-3-9(12(10)13)8-5-6-11(15)14-7-8/h2-7H,1H3,(H,14,15). The van der Waals surface area contributed by atoms with Crippen LogP contribution in [0.25, 0.3) is 11.1 Å². The van der Waals surface area contributed by atoms with Gasteiger partial charge in [0, 0.05) is 23.4 Å². The summed E-state index contributed by atoms with van der Waals surface area (Å²) in [6.45, 7) is 0. The summed E-state index contributed by atoms with van der Waals surface area (Å²) in [7, 11) is 1.41. The summed E-state index contributed by atoms with van der Waals surface area (Å²) in [5, 5.41) is 0. The Morgan fingerprint density at radius 3 is 2.69 bits per heavy atom. The Balaban J connectivity index is 2.56. The molecule has 0 saturated heterocycles. The normalized spacial score (nSPS) is 10.1. The van der Waals surface area contributed by atoms with Crippen molar-refractivity contribution in [3.05, 3.63) is 52.7 Å². The number of H-pyrrole nitrogens is 1. The first-order valence-corrected chi connectivity index (χ1v) is 4.74. The molecule has 0 aliphatic rings. The highest BCUT2D eigenvalue weighted by molar-refractivity contribution is 5.64. The molecule has 0 aliphatic carbocycles.